The third-order valence-electron chi connectivity index (χ3n) is 4.40. The first-order valence-corrected chi connectivity index (χ1v) is 11.1. The van der Waals surface area contributed by atoms with E-state index in [9.17, 15) is 4.79 Å². The van der Waals surface area contributed by atoms with Crippen molar-refractivity contribution in [1.82, 2.24) is 4.98 Å². The summed E-state index contributed by atoms with van der Waals surface area (Å²) in [6, 6.07) is 11.4. The standard InChI is InChI=1S/C23H24Cl2N2O2S/c1-14-5-6-20(19(7-14)23(2,3)4)29-13-21(28)27-22-26-12-18(30-22)10-15-8-16(24)11-17(25)9-15/h5-9,11-12H,10,13H2,1-4H3,(H,26,27,28). The number of carbonyl (C=O) groups excluding carboxylic acids is 1. The molecule has 0 unspecified atom stereocenters. The van der Waals surface area contributed by atoms with Gasteiger partial charge in [-0.25, -0.2) is 4.98 Å². The van der Waals surface area contributed by atoms with Crippen LogP contribution >= 0.6 is 34.5 Å². The molecule has 158 valence electrons. The van der Waals surface area contributed by atoms with Gasteiger partial charge in [0.25, 0.3) is 5.91 Å². The van der Waals surface area contributed by atoms with Crippen molar-refractivity contribution in [1.29, 1.82) is 0 Å². The molecular formula is C23H24Cl2N2O2S. The minimum absolute atomic E-state index is 0.0781. The smallest absolute Gasteiger partial charge is 0.264 e. The number of rotatable bonds is 6. The van der Waals surface area contributed by atoms with Crippen LogP contribution in [0.3, 0.4) is 0 Å². The number of aromatic nitrogens is 1. The highest BCUT2D eigenvalue weighted by molar-refractivity contribution is 7.15. The first-order chi connectivity index (χ1) is 14.1. The van der Waals surface area contributed by atoms with Crippen LogP contribution in [0.1, 0.15) is 42.3 Å². The number of anilines is 1. The number of nitrogens with zero attached hydrogens (tertiary/aromatic N) is 1. The van der Waals surface area contributed by atoms with Crippen molar-refractivity contribution in [2.45, 2.75) is 39.5 Å². The van der Waals surface area contributed by atoms with E-state index < -0.39 is 0 Å². The summed E-state index contributed by atoms with van der Waals surface area (Å²) in [7, 11) is 0. The quantitative estimate of drug-likeness (QED) is 0.445. The summed E-state index contributed by atoms with van der Waals surface area (Å²) in [6.07, 6.45) is 2.39. The molecule has 7 heteroatoms. The predicted molar refractivity (Wildman–Crippen MR) is 125 cm³/mol. The fraction of sp³-hybridized carbons (Fsp3) is 0.304. The summed E-state index contributed by atoms with van der Waals surface area (Å²) < 4.78 is 5.82. The Bertz CT molecular complexity index is 1040. The van der Waals surface area contributed by atoms with Crippen molar-refractivity contribution in [2.75, 3.05) is 11.9 Å². The van der Waals surface area contributed by atoms with Gasteiger partial charge in [-0.1, -0.05) is 61.7 Å². The number of benzene rings is 2. The van der Waals surface area contributed by atoms with Crippen LogP contribution in [0.4, 0.5) is 5.13 Å². The Hall–Kier alpha value is -2.08. The van der Waals surface area contributed by atoms with Gasteiger partial charge in [-0.15, -0.1) is 11.3 Å². The lowest BCUT2D eigenvalue weighted by Gasteiger charge is -2.23. The maximum Gasteiger partial charge on any atom is 0.264 e. The van der Waals surface area contributed by atoms with Gasteiger partial charge in [0.2, 0.25) is 0 Å². The van der Waals surface area contributed by atoms with E-state index in [1.807, 2.05) is 31.2 Å². The molecule has 0 bridgehead atoms. The second-order valence-electron chi connectivity index (χ2n) is 8.17. The molecule has 0 fully saturated rings. The van der Waals surface area contributed by atoms with Crippen molar-refractivity contribution >= 4 is 45.6 Å². The topological polar surface area (TPSA) is 51.2 Å². The van der Waals surface area contributed by atoms with E-state index in [4.69, 9.17) is 27.9 Å². The number of ether oxygens (including phenoxy) is 1. The van der Waals surface area contributed by atoms with E-state index in [-0.39, 0.29) is 17.9 Å². The Labute approximate surface area is 191 Å². The molecule has 0 radical (unpaired) electrons. The fourth-order valence-electron chi connectivity index (χ4n) is 3.02. The zero-order valence-corrected chi connectivity index (χ0v) is 19.7. The molecule has 1 heterocycles. The molecule has 30 heavy (non-hydrogen) atoms. The number of hydrogen-bond donors (Lipinski definition) is 1. The Balaban J connectivity index is 1.60. The van der Waals surface area contributed by atoms with Crippen molar-refractivity contribution in [2.24, 2.45) is 0 Å². The van der Waals surface area contributed by atoms with E-state index in [1.54, 1.807) is 12.3 Å². The highest BCUT2D eigenvalue weighted by Gasteiger charge is 2.20. The average molecular weight is 463 g/mol. The third kappa shape index (κ3) is 6.21. The van der Waals surface area contributed by atoms with E-state index in [1.165, 1.54) is 11.3 Å². The van der Waals surface area contributed by atoms with E-state index in [0.717, 1.165) is 27.3 Å². The molecule has 4 nitrogen and oxygen atoms in total. The van der Waals surface area contributed by atoms with Crippen LogP contribution in [-0.4, -0.2) is 17.5 Å². The van der Waals surface area contributed by atoms with Crippen LogP contribution in [0.15, 0.2) is 42.6 Å². The van der Waals surface area contributed by atoms with Crippen LogP contribution in [0.25, 0.3) is 0 Å². The van der Waals surface area contributed by atoms with Crippen molar-refractivity contribution in [3.8, 4) is 5.75 Å². The van der Waals surface area contributed by atoms with E-state index >= 15 is 0 Å². The summed E-state index contributed by atoms with van der Waals surface area (Å²) in [6.45, 7) is 8.34. The van der Waals surface area contributed by atoms with E-state index in [0.29, 0.717) is 21.6 Å². The Morgan fingerprint density at radius 1 is 1.13 bits per heavy atom. The number of halogens is 2. The number of thiazole rings is 1. The number of aryl methyl sites for hydroxylation is 1. The maximum absolute atomic E-state index is 12.4. The number of hydrogen-bond acceptors (Lipinski definition) is 4. The molecule has 0 spiro atoms. The van der Waals surface area contributed by atoms with E-state index in [2.05, 4.69) is 37.1 Å². The summed E-state index contributed by atoms with van der Waals surface area (Å²) in [5.41, 5.74) is 3.15. The minimum Gasteiger partial charge on any atom is -0.483 e. The average Bonchev–Trinajstić information content (AvgIpc) is 3.05. The Morgan fingerprint density at radius 3 is 2.50 bits per heavy atom. The summed E-state index contributed by atoms with van der Waals surface area (Å²) >= 11 is 13.5. The van der Waals surface area contributed by atoms with Gasteiger partial charge >= 0.3 is 0 Å². The van der Waals surface area contributed by atoms with Gasteiger partial charge < -0.3 is 4.74 Å². The largest absolute Gasteiger partial charge is 0.483 e. The second-order valence-corrected chi connectivity index (χ2v) is 10.2. The first kappa shape index (κ1) is 22.6. The second kappa shape index (κ2) is 9.38. The highest BCUT2D eigenvalue weighted by Crippen LogP contribution is 2.32. The van der Waals surface area contributed by atoms with Crippen LogP contribution in [-0.2, 0) is 16.6 Å². The molecule has 0 aliphatic rings. The Morgan fingerprint density at radius 2 is 1.83 bits per heavy atom. The van der Waals surface area contributed by atoms with Gasteiger partial charge in [0, 0.05) is 27.5 Å². The third-order valence-corrected chi connectivity index (χ3v) is 5.75. The molecule has 0 saturated heterocycles. The maximum atomic E-state index is 12.4. The molecule has 0 saturated carbocycles. The monoisotopic (exact) mass is 462 g/mol. The minimum atomic E-state index is -0.248. The predicted octanol–water partition coefficient (Wildman–Crippen LogP) is 6.66. The molecule has 1 amide bonds. The molecule has 0 aliphatic heterocycles. The molecule has 2 aromatic carbocycles. The summed E-state index contributed by atoms with van der Waals surface area (Å²) in [5, 5.41) is 4.53. The SMILES string of the molecule is Cc1ccc(OCC(=O)Nc2ncc(Cc3cc(Cl)cc(Cl)c3)s2)c(C(C)(C)C)c1. The van der Waals surface area contributed by atoms with Crippen molar-refractivity contribution in [3.63, 3.8) is 0 Å². The van der Waals surface area contributed by atoms with Gasteiger partial charge in [0.15, 0.2) is 11.7 Å². The van der Waals surface area contributed by atoms with Crippen molar-refractivity contribution in [3.05, 3.63) is 74.2 Å². The highest BCUT2D eigenvalue weighted by atomic mass is 35.5. The van der Waals surface area contributed by atoms with Gasteiger partial charge in [0.1, 0.15) is 5.75 Å². The lowest BCUT2D eigenvalue weighted by atomic mass is 9.85. The zero-order chi connectivity index (χ0) is 21.9. The number of amides is 1. The lowest BCUT2D eigenvalue weighted by molar-refractivity contribution is -0.118. The molecule has 3 aromatic rings. The molecular weight excluding hydrogens is 439 g/mol. The zero-order valence-electron chi connectivity index (χ0n) is 17.4. The number of nitrogens with one attached hydrogen (secondary N) is 1. The summed E-state index contributed by atoms with van der Waals surface area (Å²) in [4.78, 5) is 17.7. The van der Waals surface area contributed by atoms with Crippen LogP contribution < -0.4 is 10.1 Å². The summed E-state index contributed by atoms with van der Waals surface area (Å²) in [5.74, 6) is 0.475. The van der Waals surface area contributed by atoms with Crippen LogP contribution in [0.2, 0.25) is 10.0 Å². The molecule has 0 atom stereocenters. The van der Waals surface area contributed by atoms with Crippen molar-refractivity contribution < 1.29 is 9.53 Å². The molecule has 3 rings (SSSR count). The normalized spacial score (nSPS) is 11.4. The molecule has 0 aliphatic carbocycles. The van der Waals surface area contributed by atoms with Gasteiger partial charge in [-0.3, -0.25) is 10.1 Å². The Kier molecular flexibility index (Phi) is 7.06. The molecule has 1 aromatic heterocycles. The van der Waals surface area contributed by atoms with Gasteiger partial charge in [0.05, 0.1) is 0 Å². The van der Waals surface area contributed by atoms with Crippen LogP contribution in [0, 0.1) is 6.92 Å². The number of carbonyl (C=O) groups is 1. The molecule has 1 N–H and O–H groups in total. The fourth-order valence-corrected chi connectivity index (χ4v) is 4.45. The lowest BCUT2D eigenvalue weighted by Crippen LogP contribution is -2.22. The van der Waals surface area contributed by atoms with Crippen LogP contribution in [0.5, 0.6) is 5.75 Å². The van der Waals surface area contributed by atoms with Gasteiger partial charge in [-0.2, -0.15) is 0 Å². The van der Waals surface area contributed by atoms with Gasteiger partial charge in [-0.05, 0) is 47.7 Å². The first-order valence-electron chi connectivity index (χ1n) is 9.53.